The van der Waals surface area contributed by atoms with Crippen LogP contribution in [0.3, 0.4) is 0 Å². The van der Waals surface area contributed by atoms with Crippen molar-refractivity contribution in [1.82, 2.24) is 4.90 Å². The topological polar surface area (TPSA) is 93.9 Å². The molecule has 104 valence electrons. The van der Waals surface area contributed by atoms with Gasteiger partial charge < -0.3 is 5.73 Å². The van der Waals surface area contributed by atoms with Crippen LogP contribution in [-0.4, -0.2) is 16.6 Å². The van der Waals surface area contributed by atoms with Crippen molar-refractivity contribution >= 4 is 29.0 Å². The minimum absolute atomic E-state index is 0.155. The van der Waals surface area contributed by atoms with Crippen LogP contribution in [0.4, 0.5) is 0 Å². The average Bonchev–Trinajstić information content (AvgIpc) is 3.00. The Morgan fingerprint density at radius 3 is 2.71 bits per heavy atom. The Hall–Kier alpha value is -2.22. The smallest absolute Gasteiger partial charge is 0.233 e. The molecule has 0 aliphatic carbocycles. The van der Waals surface area contributed by atoms with Crippen LogP contribution in [0, 0.1) is 22.7 Å². The van der Waals surface area contributed by atoms with Crippen molar-refractivity contribution in [2.24, 2.45) is 5.73 Å². The second kappa shape index (κ2) is 5.28. The molecule has 1 saturated heterocycles. The number of amides is 1. The molecule has 2 aliphatic heterocycles. The molecular formula is C14H10N4OS2. The summed E-state index contributed by atoms with van der Waals surface area (Å²) in [5.41, 5.74) is 6.76. The van der Waals surface area contributed by atoms with Crippen LogP contribution in [0.5, 0.6) is 0 Å². The lowest BCUT2D eigenvalue weighted by Gasteiger charge is -2.36. The SMILES string of the molecule is N#CC1=C(N)N2C(=O)CCSC2=C(C#N)C1c1cccs1. The third-order valence-electron chi connectivity index (χ3n) is 3.40. The van der Waals surface area contributed by atoms with E-state index in [1.165, 1.54) is 28.0 Å². The van der Waals surface area contributed by atoms with Crippen LogP contribution in [-0.2, 0) is 4.79 Å². The van der Waals surface area contributed by atoms with E-state index < -0.39 is 5.92 Å². The van der Waals surface area contributed by atoms with E-state index in [4.69, 9.17) is 5.73 Å². The highest BCUT2D eigenvalue weighted by Crippen LogP contribution is 2.46. The number of carbonyl (C=O) groups is 1. The van der Waals surface area contributed by atoms with E-state index in [2.05, 4.69) is 12.1 Å². The number of thioether (sulfide) groups is 1. The lowest BCUT2D eigenvalue weighted by Crippen LogP contribution is -2.40. The van der Waals surface area contributed by atoms with Crippen LogP contribution in [0.1, 0.15) is 17.2 Å². The molecule has 2 aliphatic rings. The summed E-state index contributed by atoms with van der Waals surface area (Å²) < 4.78 is 0. The van der Waals surface area contributed by atoms with Gasteiger partial charge in [0.2, 0.25) is 5.91 Å². The van der Waals surface area contributed by atoms with Crippen molar-refractivity contribution < 1.29 is 4.79 Å². The van der Waals surface area contributed by atoms with Gasteiger partial charge >= 0.3 is 0 Å². The third-order valence-corrected chi connectivity index (χ3v) is 5.42. The summed E-state index contributed by atoms with van der Waals surface area (Å²) in [5.74, 6) is 0.153. The highest BCUT2D eigenvalue weighted by Gasteiger charge is 2.40. The van der Waals surface area contributed by atoms with E-state index in [-0.39, 0.29) is 17.3 Å². The minimum atomic E-state index is -0.468. The summed E-state index contributed by atoms with van der Waals surface area (Å²) >= 11 is 2.92. The first kappa shape index (κ1) is 13.7. The minimum Gasteiger partial charge on any atom is -0.384 e. The number of fused-ring (bicyclic) bond motifs is 1. The molecule has 5 nitrogen and oxygen atoms in total. The predicted octanol–water partition coefficient (Wildman–Crippen LogP) is 2.24. The summed E-state index contributed by atoms with van der Waals surface area (Å²) in [4.78, 5) is 14.3. The van der Waals surface area contributed by atoms with Gasteiger partial charge in [-0.2, -0.15) is 10.5 Å². The van der Waals surface area contributed by atoms with Gasteiger partial charge in [-0.25, -0.2) is 0 Å². The molecule has 0 saturated carbocycles. The van der Waals surface area contributed by atoms with Gasteiger partial charge in [-0.3, -0.25) is 9.69 Å². The Morgan fingerprint density at radius 1 is 1.33 bits per heavy atom. The van der Waals surface area contributed by atoms with Crippen molar-refractivity contribution in [2.75, 3.05) is 5.75 Å². The molecule has 21 heavy (non-hydrogen) atoms. The fourth-order valence-corrected chi connectivity index (χ4v) is 4.44. The van der Waals surface area contributed by atoms with Crippen molar-refractivity contribution in [3.8, 4) is 12.1 Å². The van der Waals surface area contributed by atoms with E-state index in [1.54, 1.807) is 0 Å². The van der Waals surface area contributed by atoms with Crippen LogP contribution in [0.25, 0.3) is 0 Å². The molecule has 1 aromatic rings. The standard InChI is InChI=1S/C14H10N4OS2/c15-6-8-12(10-2-1-4-20-10)9(7-16)14-18(13(8)17)11(19)3-5-21-14/h1-2,4,12H,3,5,17H2. The van der Waals surface area contributed by atoms with E-state index >= 15 is 0 Å². The van der Waals surface area contributed by atoms with Crippen molar-refractivity contribution in [3.63, 3.8) is 0 Å². The van der Waals surface area contributed by atoms with E-state index in [1.807, 2.05) is 17.5 Å². The second-order valence-corrected chi connectivity index (χ2v) is 6.58. The van der Waals surface area contributed by atoms with Gasteiger partial charge in [0.25, 0.3) is 0 Å². The molecule has 1 aromatic heterocycles. The van der Waals surface area contributed by atoms with Crippen molar-refractivity contribution in [2.45, 2.75) is 12.3 Å². The number of nitrogens with zero attached hydrogens (tertiary/aromatic N) is 3. The fraction of sp³-hybridized carbons (Fsp3) is 0.214. The largest absolute Gasteiger partial charge is 0.384 e. The first-order valence-electron chi connectivity index (χ1n) is 6.22. The Balaban J connectivity index is 2.25. The lowest BCUT2D eigenvalue weighted by atomic mass is 9.88. The summed E-state index contributed by atoms with van der Waals surface area (Å²) in [5, 5.41) is 21.5. The fourth-order valence-electron chi connectivity index (χ4n) is 2.48. The number of hydrogen-bond donors (Lipinski definition) is 1. The van der Waals surface area contributed by atoms with Gasteiger partial charge in [-0.15, -0.1) is 23.1 Å². The van der Waals surface area contributed by atoms with Gasteiger partial charge in [0.15, 0.2) is 0 Å². The van der Waals surface area contributed by atoms with Crippen LogP contribution in [0.15, 0.2) is 39.5 Å². The molecule has 0 bridgehead atoms. The molecule has 0 spiro atoms. The first-order valence-corrected chi connectivity index (χ1v) is 8.08. The number of thiophene rings is 1. The van der Waals surface area contributed by atoms with Crippen molar-refractivity contribution in [1.29, 1.82) is 10.5 Å². The highest BCUT2D eigenvalue weighted by atomic mass is 32.2. The van der Waals surface area contributed by atoms with Gasteiger partial charge in [0.1, 0.15) is 5.82 Å². The van der Waals surface area contributed by atoms with Crippen LogP contribution < -0.4 is 5.73 Å². The zero-order valence-electron chi connectivity index (χ0n) is 10.9. The van der Waals surface area contributed by atoms with Gasteiger partial charge in [-0.05, 0) is 11.4 Å². The summed E-state index contributed by atoms with van der Waals surface area (Å²) in [6.45, 7) is 0. The molecular weight excluding hydrogens is 304 g/mol. The maximum absolute atomic E-state index is 12.1. The quantitative estimate of drug-likeness (QED) is 0.858. The van der Waals surface area contributed by atoms with Gasteiger partial charge in [0, 0.05) is 17.1 Å². The number of carbonyl (C=O) groups excluding carboxylic acids is 1. The highest BCUT2D eigenvalue weighted by molar-refractivity contribution is 8.03. The third kappa shape index (κ3) is 2.02. The maximum atomic E-state index is 12.1. The maximum Gasteiger partial charge on any atom is 0.233 e. The Morgan fingerprint density at radius 2 is 2.10 bits per heavy atom. The number of nitrogens with two attached hydrogens (primary N) is 1. The number of rotatable bonds is 1. The van der Waals surface area contributed by atoms with Crippen LogP contribution in [0.2, 0.25) is 0 Å². The molecule has 3 heterocycles. The molecule has 1 unspecified atom stereocenters. The molecule has 1 atom stereocenters. The summed E-state index contributed by atoms with van der Waals surface area (Å²) in [6.07, 6.45) is 0.357. The Labute approximate surface area is 129 Å². The van der Waals surface area contributed by atoms with Crippen LogP contribution >= 0.6 is 23.1 Å². The van der Waals surface area contributed by atoms with Gasteiger partial charge in [-0.1, -0.05) is 6.07 Å². The predicted molar refractivity (Wildman–Crippen MR) is 80.4 cm³/mol. The monoisotopic (exact) mass is 314 g/mol. The van der Waals surface area contributed by atoms with Gasteiger partial charge in [0.05, 0.1) is 34.2 Å². The van der Waals surface area contributed by atoms with E-state index in [0.717, 1.165) is 4.88 Å². The molecule has 3 rings (SSSR count). The first-order chi connectivity index (χ1) is 10.2. The zero-order chi connectivity index (χ0) is 15.0. The second-order valence-electron chi connectivity index (χ2n) is 4.52. The van der Waals surface area contributed by atoms with E-state index in [9.17, 15) is 15.3 Å². The molecule has 2 N–H and O–H groups in total. The molecule has 1 amide bonds. The van der Waals surface area contributed by atoms with E-state index in [0.29, 0.717) is 22.8 Å². The zero-order valence-corrected chi connectivity index (χ0v) is 12.5. The van der Waals surface area contributed by atoms with Crippen molar-refractivity contribution in [3.05, 3.63) is 44.4 Å². The molecule has 7 heteroatoms. The average molecular weight is 314 g/mol. The Bertz CT molecular complexity index is 749. The number of nitriles is 2. The molecule has 1 fully saturated rings. The number of allylic oxidation sites excluding steroid dienone is 2. The lowest BCUT2D eigenvalue weighted by molar-refractivity contribution is -0.127. The summed E-state index contributed by atoms with van der Waals surface area (Å²) in [7, 11) is 0. The molecule has 0 aromatic carbocycles. The number of hydrogen-bond acceptors (Lipinski definition) is 6. The molecule has 0 radical (unpaired) electrons. The Kier molecular flexibility index (Phi) is 3.46. The normalized spacial score (nSPS) is 21.9. The summed E-state index contributed by atoms with van der Waals surface area (Å²) in [6, 6.07) is 8.01.